The summed E-state index contributed by atoms with van der Waals surface area (Å²) in [7, 11) is 3.28. The number of hydrogen-bond donors (Lipinski definition) is 2. The Hall–Kier alpha value is -4.25. The van der Waals surface area contributed by atoms with Crippen molar-refractivity contribution < 1.29 is 9.59 Å². The van der Waals surface area contributed by atoms with Gasteiger partial charge in [-0.2, -0.15) is 0 Å². The van der Waals surface area contributed by atoms with Crippen molar-refractivity contribution in [1.29, 1.82) is 0 Å². The number of hydrogen-bond acceptors (Lipinski definition) is 8. The van der Waals surface area contributed by atoms with Crippen molar-refractivity contribution in [3.05, 3.63) is 98.8 Å². The summed E-state index contributed by atoms with van der Waals surface area (Å²) in [6, 6.07) is 21.1. The smallest absolute Gasteiger partial charge is 0.231 e. The topological polar surface area (TPSA) is 130 Å². The summed E-state index contributed by atoms with van der Waals surface area (Å²) in [4.78, 5) is 41.4. The normalized spacial score (nSPS) is 21.6. The zero-order valence-corrected chi connectivity index (χ0v) is 27.6. The molecule has 2 atom stereocenters. The van der Waals surface area contributed by atoms with Gasteiger partial charge in [0, 0.05) is 40.8 Å². The molecule has 4 heterocycles. The van der Waals surface area contributed by atoms with Crippen LogP contribution >= 0.6 is 34.5 Å². The monoisotopic (exact) mass is 661 g/mol. The predicted octanol–water partition coefficient (Wildman–Crippen LogP) is 6.25. The summed E-state index contributed by atoms with van der Waals surface area (Å²) in [6.07, 6.45) is 2.30. The Kier molecular flexibility index (Phi) is 9.02. The maximum absolute atomic E-state index is 12.1. The molecule has 4 aromatic rings. The number of nitrogens with zero attached hydrogens (tertiary/aromatic N) is 5. The first kappa shape index (κ1) is 32.2. The zero-order chi connectivity index (χ0) is 32.5. The number of carbonyl (C=O) groups is 2. The van der Waals surface area contributed by atoms with Crippen LogP contribution in [0.3, 0.4) is 0 Å². The summed E-state index contributed by atoms with van der Waals surface area (Å²) in [5.74, 6) is 0.412. The molecule has 0 aliphatic carbocycles. The predicted molar refractivity (Wildman–Crippen MR) is 182 cm³/mol. The highest BCUT2D eigenvalue weighted by atomic mass is 35.5. The molecule has 0 fully saturated rings. The minimum Gasteiger partial charge on any atom is -0.369 e. The van der Waals surface area contributed by atoms with E-state index in [9.17, 15) is 9.59 Å². The Balaban J connectivity index is 0.000000178. The molecule has 2 aromatic heterocycles. The third kappa shape index (κ3) is 6.88. The molecule has 0 saturated carbocycles. The van der Waals surface area contributed by atoms with Gasteiger partial charge in [-0.05, 0) is 78.4 Å². The van der Waals surface area contributed by atoms with Crippen molar-refractivity contribution in [1.82, 2.24) is 14.8 Å². The van der Waals surface area contributed by atoms with Crippen LogP contribution < -0.4 is 11.5 Å². The van der Waals surface area contributed by atoms with Crippen molar-refractivity contribution in [2.24, 2.45) is 21.5 Å². The molecule has 232 valence electrons. The van der Waals surface area contributed by atoms with Crippen LogP contribution in [0, 0.1) is 0 Å². The van der Waals surface area contributed by atoms with Gasteiger partial charge in [0.15, 0.2) is 11.9 Å². The molecule has 0 radical (unpaired) electrons. The summed E-state index contributed by atoms with van der Waals surface area (Å²) in [5, 5.41) is 3.41. The van der Waals surface area contributed by atoms with Crippen LogP contribution in [0.1, 0.15) is 37.1 Å². The van der Waals surface area contributed by atoms with Gasteiger partial charge < -0.3 is 11.5 Å². The molecule has 2 aliphatic heterocycles. The first-order valence-corrected chi connectivity index (χ1v) is 15.7. The van der Waals surface area contributed by atoms with E-state index in [0.29, 0.717) is 16.5 Å². The van der Waals surface area contributed by atoms with E-state index in [1.54, 1.807) is 31.6 Å². The molecule has 4 N–H and O–H groups in total. The maximum Gasteiger partial charge on any atom is 0.231 e. The van der Waals surface area contributed by atoms with Gasteiger partial charge in [0.05, 0.1) is 24.1 Å². The average molecular weight is 663 g/mol. The lowest BCUT2D eigenvalue weighted by Gasteiger charge is -2.33. The number of guanidine groups is 2. The second-order valence-electron chi connectivity index (χ2n) is 11.4. The van der Waals surface area contributed by atoms with Gasteiger partial charge in [-0.1, -0.05) is 47.5 Å². The lowest BCUT2D eigenvalue weighted by molar-refractivity contribution is -0.129. The Morgan fingerprint density at radius 3 is 1.91 bits per heavy atom. The highest BCUT2D eigenvalue weighted by Crippen LogP contribution is 2.39. The molecule has 45 heavy (non-hydrogen) atoms. The van der Waals surface area contributed by atoms with E-state index < -0.39 is 11.1 Å². The fourth-order valence-electron chi connectivity index (χ4n) is 5.13. The molecule has 0 spiro atoms. The van der Waals surface area contributed by atoms with E-state index in [-0.39, 0.29) is 30.2 Å². The van der Waals surface area contributed by atoms with Crippen LogP contribution in [0.2, 0.25) is 10.0 Å². The third-order valence-electron chi connectivity index (χ3n) is 7.94. The van der Waals surface area contributed by atoms with Gasteiger partial charge in [0.25, 0.3) is 0 Å². The summed E-state index contributed by atoms with van der Waals surface area (Å²) in [5.41, 5.74) is 15.2. The van der Waals surface area contributed by atoms with Gasteiger partial charge in [-0.3, -0.25) is 24.4 Å². The molecule has 0 unspecified atom stereocenters. The molecule has 12 heteroatoms. The number of pyridine rings is 1. The van der Waals surface area contributed by atoms with Gasteiger partial charge in [-0.15, -0.1) is 11.3 Å². The Morgan fingerprint density at radius 2 is 1.31 bits per heavy atom. The van der Waals surface area contributed by atoms with E-state index in [1.165, 1.54) is 9.80 Å². The number of rotatable bonds is 4. The van der Waals surface area contributed by atoms with Crippen LogP contribution in [0.25, 0.3) is 22.4 Å². The molecule has 9 nitrogen and oxygen atoms in total. The Morgan fingerprint density at radius 1 is 0.756 bits per heavy atom. The Labute approximate surface area is 276 Å². The van der Waals surface area contributed by atoms with Crippen LogP contribution in [0.5, 0.6) is 0 Å². The Bertz CT molecular complexity index is 1840. The van der Waals surface area contributed by atoms with Crippen molar-refractivity contribution in [3.63, 3.8) is 0 Å². The molecule has 0 bridgehead atoms. The molecule has 0 saturated heterocycles. The SMILES string of the molecule is CN1C(=O)C[C@@](C)(c2cc(-c3cccc(Cl)c3)cs2)N=C1N.CN1C(=O)C[C@@](C)(c2ccnc(-c3cccc(Cl)c3)c2)N=C1N. The average Bonchev–Trinajstić information content (AvgIpc) is 3.51. The minimum atomic E-state index is -0.691. The third-order valence-corrected chi connectivity index (χ3v) is 9.59. The van der Waals surface area contributed by atoms with Gasteiger partial charge >= 0.3 is 0 Å². The number of amides is 2. The number of aromatic nitrogens is 1. The van der Waals surface area contributed by atoms with Crippen molar-refractivity contribution >= 4 is 58.3 Å². The summed E-state index contributed by atoms with van der Waals surface area (Å²) >= 11 is 13.7. The van der Waals surface area contributed by atoms with Crippen molar-refractivity contribution in [3.8, 4) is 22.4 Å². The quantitative estimate of drug-likeness (QED) is 0.267. The second kappa shape index (κ2) is 12.6. The van der Waals surface area contributed by atoms with Crippen molar-refractivity contribution in [2.45, 2.75) is 37.8 Å². The first-order chi connectivity index (χ1) is 21.3. The molecule has 2 aromatic carbocycles. The van der Waals surface area contributed by atoms with Gasteiger partial charge in [0.1, 0.15) is 5.54 Å². The number of benzene rings is 2. The number of aliphatic imine (C=N–C) groups is 2. The largest absolute Gasteiger partial charge is 0.369 e. The first-order valence-electron chi connectivity index (χ1n) is 14.1. The van der Waals surface area contributed by atoms with Crippen LogP contribution in [-0.4, -0.2) is 52.6 Å². The lowest BCUT2D eigenvalue weighted by atomic mass is 9.87. The molecule has 6 rings (SSSR count). The molecule has 2 aliphatic rings. The molecule has 2 amide bonds. The molecular formula is C33H33Cl2N7O2S. The standard InChI is InChI=1S/C17H17ClN4O.C16H16ClN3OS/c1-17(10-15(23)22(2)16(19)21-17)12-6-7-20-14(9-12)11-4-3-5-13(18)8-11;1-16(8-14(21)20(2)15(18)19-16)13-7-11(9-22-13)10-4-3-5-12(17)6-10/h3-9H,10H2,1-2H3,(H2,19,21);3-7,9H,8H2,1-2H3,(H2,18,19)/t17-;16-/m00/s1. The number of nitrogens with two attached hydrogens (primary N) is 2. The highest BCUT2D eigenvalue weighted by Gasteiger charge is 2.38. The summed E-state index contributed by atoms with van der Waals surface area (Å²) in [6.45, 7) is 3.85. The van der Waals surface area contributed by atoms with E-state index in [2.05, 4.69) is 26.4 Å². The van der Waals surface area contributed by atoms with Gasteiger partial charge in [-0.25, -0.2) is 9.98 Å². The fourth-order valence-corrected chi connectivity index (χ4v) is 6.54. The van der Waals surface area contributed by atoms with Crippen LogP contribution in [0.4, 0.5) is 0 Å². The molecular weight excluding hydrogens is 629 g/mol. The van der Waals surface area contributed by atoms with E-state index >= 15 is 0 Å². The van der Waals surface area contributed by atoms with Crippen LogP contribution in [-0.2, 0) is 20.7 Å². The lowest BCUT2D eigenvalue weighted by Crippen LogP contribution is -2.47. The number of carbonyl (C=O) groups excluding carboxylic acids is 2. The number of thiophene rings is 1. The van der Waals surface area contributed by atoms with Gasteiger partial charge in [0.2, 0.25) is 11.8 Å². The summed E-state index contributed by atoms with van der Waals surface area (Å²) < 4.78 is 0. The van der Waals surface area contributed by atoms with E-state index in [4.69, 9.17) is 34.7 Å². The second-order valence-corrected chi connectivity index (χ2v) is 13.2. The minimum absolute atomic E-state index is 0.0206. The highest BCUT2D eigenvalue weighted by molar-refractivity contribution is 7.10. The van der Waals surface area contributed by atoms with E-state index in [0.717, 1.165) is 32.8 Å². The maximum atomic E-state index is 12.1. The van der Waals surface area contributed by atoms with Crippen molar-refractivity contribution in [2.75, 3.05) is 14.1 Å². The van der Waals surface area contributed by atoms with E-state index in [1.807, 2.05) is 74.5 Å². The fraction of sp³-hybridized carbons (Fsp3) is 0.242. The van der Waals surface area contributed by atoms with Crippen LogP contribution in [0.15, 0.2) is 88.3 Å². The zero-order valence-electron chi connectivity index (χ0n) is 25.3. The number of halogens is 2.